The first kappa shape index (κ1) is 38.0. The third-order valence-corrected chi connectivity index (χ3v) is 8.32. The Morgan fingerprint density at radius 2 is 1.36 bits per heavy atom. The Balaban J connectivity index is 1.44. The Hall–Kier alpha value is -4.83. The van der Waals surface area contributed by atoms with Crippen LogP contribution >= 0.6 is 0 Å². The Bertz CT molecular complexity index is 1660. The van der Waals surface area contributed by atoms with Gasteiger partial charge in [0.25, 0.3) is 0 Å². The molecule has 10 nitrogen and oxygen atoms in total. The van der Waals surface area contributed by atoms with Crippen LogP contribution in [0.4, 0.5) is 0 Å². The lowest BCUT2D eigenvalue weighted by Crippen LogP contribution is -2.52. The van der Waals surface area contributed by atoms with E-state index in [1.54, 1.807) is 46.4 Å². The lowest BCUT2D eigenvalue weighted by atomic mass is 9.97. The zero-order chi connectivity index (χ0) is 36.5. The number of amides is 2. The second-order valence-electron chi connectivity index (χ2n) is 14.8. The number of nitrogens with one attached hydrogen (secondary N) is 2. The SMILES string of the molecule is CC(C)(C)C(=O)Oc1ccc(C(=O)CNCC(Cc2ccccc2)NC(=O)[C@H]2CCCN2C(=O)Cc2ccccc2)cc1OC(=O)C(C)(C)C. The van der Waals surface area contributed by atoms with Gasteiger partial charge in [-0.25, -0.2) is 0 Å². The van der Waals surface area contributed by atoms with Crippen LogP contribution in [0.1, 0.15) is 75.9 Å². The van der Waals surface area contributed by atoms with E-state index in [1.165, 1.54) is 18.2 Å². The highest BCUT2D eigenvalue weighted by Gasteiger charge is 2.35. The van der Waals surface area contributed by atoms with Crippen LogP contribution in [0.15, 0.2) is 78.9 Å². The van der Waals surface area contributed by atoms with E-state index in [9.17, 15) is 24.0 Å². The summed E-state index contributed by atoms with van der Waals surface area (Å²) in [6, 6.07) is 22.7. The normalized spacial score (nSPS) is 15.2. The Labute approximate surface area is 294 Å². The number of esters is 2. The van der Waals surface area contributed by atoms with Gasteiger partial charge in [-0.15, -0.1) is 0 Å². The summed E-state index contributed by atoms with van der Waals surface area (Å²) in [5.74, 6) is -1.63. The van der Waals surface area contributed by atoms with E-state index < -0.39 is 28.8 Å². The second kappa shape index (κ2) is 16.7. The minimum absolute atomic E-state index is 0.0227. The first-order chi connectivity index (χ1) is 23.6. The molecule has 10 heteroatoms. The van der Waals surface area contributed by atoms with Crippen molar-refractivity contribution in [3.8, 4) is 11.5 Å². The second-order valence-corrected chi connectivity index (χ2v) is 14.8. The first-order valence-electron chi connectivity index (χ1n) is 17.1. The molecule has 3 aromatic carbocycles. The fraction of sp³-hybridized carbons (Fsp3) is 0.425. The Morgan fingerprint density at radius 1 is 0.780 bits per heavy atom. The number of benzene rings is 3. The van der Waals surface area contributed by atoms with Crippen molar-refractivity contribution in [1.82, 2.24) is 15.5 Å². The molecule has 0 aliphatic carbocycles. The maximum absolute atomic E-state index is 13.6. The zero-order valence-electron chi connectivity index (χ0n) is 29.9. The fourth-order valence-corrected chi connectivity index (χ4v) is 5.39. The van der Waals surface area contributed by atoms with E-state index in [4.69, 9.17) is 9.47 Å². The highest BCUT2D eigenvalue weighted by molar-refractivity contribution is 5.98. The van der Waals surface area contributed by atoms with E-state index >= 15 is 0 Å². The van der Waals surface area contributed by atoms with Crippen LogP contribution in [0, 0.1) is 10.8 Å². The van der Waals surface area contributed by atoms with Gasteiger partial charge in [-0.3, -0.25) is 24.0 Å². The number of ketones is 1. The van der Waals surface area contributed by atoms with Gasteiger partial charge in [0.05, 0.1) is 23.8 Å². The number of carbonyl (C=O) groups excluding carboxylic acids is 5. The van der Waals surface area contributed by atoms with Gasteiger partial charge < -0.3 is 25.0 Å². The van der Waals surface area contributed by atoms with Crippen LogP contribution in [-0.2, 0) is 32.0 Å². The molecule has 1 saturated heterocycles. The summed E-state index contributed by atoms with van der Waals surface area (Å²) >= 11 is 0. The molecule has 4 rings (SSSR count). The number of Topliss-reactive ketones (excluding diaryl/α,β-unsaturated/α-hetero) is 1. The topological polar surface area (TPSA) is 131 Å². The van der Waals surface area contributed by atoms with Crippen LogP contribution in [0.5, 0.6) is 11.5 Å². The highest BCUT2D eigenvalue weighted by atomic mass is 16.6. The fourth-order valence-electron chi connectivity index (χ4n) is 5.39. The average molecular weight is 684 g/mol. The predicted octanol–water partition coefficient (Wildman–Crippen LogP) is 5.32. The Kier molecular flexibility index (Phi) is 12.7. The molecule has 1 aliphatic rings. The number of nitrogens with zero attached hydrogens (tertiary/aromatic N) is 1. The molecule has 0 spiro atoms. The minimum atomic E-state index is -0.838. The summed E-state index contributed by atoms with van der Waals surface area (Å²) in [6.45, 7) is 11.0. The standard InChI is InChI=1S/C40H49N3O7/c1-39(2,3)37(47)49-33-20-19-29(24-34(33)50-38(48)40(4,5)6)32(44)26-41-25-30(22-27-14-9-7-10-15-27)42-36(46)31-18-13-21-43(31)35(45)23-28-16-11-8-12-17-28/h7-12,14-17,19-20,24,30-31,41H,13,18,21-23,25-26H2,1-6H3,(H,42,46)/t30?,31-/m1/s1. The molecule has 0 radical (unpaired) electrons. The molecule has 1 unspecified atom stereocenters. The lowest BCUT2D eigenvalue weighted by molar-refractivity contribution is -0.145. The molecule has 2 atom stereocenters. The Morgan fingerprint density at radius 3 is 1.96 bits per heavy atom. The largest absolute Gasteiger partial charge is 0.422 e. The number of rotatable bonds is 13. The number of hydrogen-bond acceptors (Lipinski definition) is 8. The van der Waals surface area contributed by atoms with Gasteiger partial charge in [0.2, 0.25) is 11.8 Å². The van der Waals surface area contributed by atoms with Crippen molar-refractivity contribution in [3.63, 3.8) is 0 Å². The smallest absolute Gasteiger partial charge is 0.316 e. The van der Waals surface area contributed by atoms with E-state index in [0.717, 1.165) is 17.5 Å². The number of ether oxygens (including phenoxy) is 2. The van der Waals surface area contributed by atoms with E-state index in [-0.39, 0.29) is 60.2 Å². The van der Waals surface area contributed by atoms with Gasteiger partial charge in [0, 0.05) is 24.7 Å². The van der Waals surface area contributed by atoms with E-state index in [0.29, 0.717) is 19.4 Å². The van der Waals surface area contributed by atoms with E-state index in [1.807, 2.05) is 60.7 Å². The molecular formula is C40H49N3O7. The highest BCUT2D eigenvalue weighted by Crippen LogP contribution is 2.33. The lowest BCUT2D eigenvalue weighted by Gasteiger charge is -2.27. The molecule has 0 bridgehead atoms. The molecule has 266 valence electrons. The number of carbonyl (C=O) groups is 5. The summed E-state index contributed by atoms with van der Waals surface area (Å²) in [6.07, 6.45) is 2.08. The van der Waals surface area contributed by atoms with Crippen LogP contribution in [0.2, 0.25) is 0 Å². The molecular weight excluding hydrogens is 634 g/mol. The monoisotopic (exact) mass is 683 g/mol. The van der Waals surface area contributed by atoms with Crippen molar-refractivity contribution in [2.24, 2.45) is 10.8 Å². The van der Waals surface area contributed by atoms with E-state index in [2.05, 4.69) is 10.6 Å². The molecule has 50 heavy (non-hydrogen) atoms. The summed E-state index contributed by atoms with van der Waals surface area (Å²) in [5.41, 5.74) is 0.533. The summed E-state index contributed by atoms with van der Waals surface area (Å²) in [4.78, 5) is 67.2. The maximum atomic E-state index is 13.6. The van der Waals surface area contributed by atoms with Crippen LogP contribution < -0.4 is 20.1 Å². The van der Waals surface area contributed by atoms with Gasteiger partial charge in [0.15, 0.2) is 17.3 Å². The van der Waals surface area contributed by atoms with Crippen LogP contribution in [0.3, 0.4) is 0 Å². The van der Waals surface area contributed by atoms with Gasteiger partial charge in [-0.1, -0.05) is 60.7 Å². The summed E-state index contributed by atoms with van der Waals surface area (Å²) < 4.78 is 11.2. The van der Waals surface area contributed by atoms with Crippen LogP contribution in [-0.4, -0.2) is 66.2 Å². The average Bonchev–Trinajstić information content (AvgIpc) is 3.56. The van der Waals surface area contributed by atoms with Gasteiger partial charge in [-0.05, 0) is 90.1 Å². The molecule has 0 aromatic heterocycles. The predicted molar refractivity (Wildman–Crippen MR) is 191 cm³/mol. The maximum Gasteiger partial charge on any atom is 0.316 e. The minimum Gasteiger partial charge on any atom is -0.422 e. The zero-order valence-corrected chi connectivity index (χ0v) is 29.9. The summed E-state index contributed by atoms with van der Waals surface area (Å²) in [5, 5.41) is 6.32. The third-order valence-electron chi connectivity index (χ3n) is 8.32. The van der Waals surface area contributed by atoms with Crippen molar-refractivity contribution in [3.05, 3.63) is 95.6 Å². The molecule has 1 heterocycles. The third kappa shape index (κ3) is 10.8. The van der Waals surface area contributed by atoms with Crippen LogP contribution in [0.25, 0.3) is 0 Å². The molecule has 2 N–H and O–H groups in total. The van der Waals surface area contributed by atoms with Crippen molar-refractivity contribution >= 4 is 29.5 Å². The van der Waals surface area contributed by atoms with Crippen molar-refractivity contribution in [1.29, 1.82) is 0 Å². The molecule has 1 fully saturated rings. The van der Waals surface area contributed by atoms with Gasteiger partial charge in [-0.2, -0.15) is 0 Å². The van der Waals surface area contributed by atoms with Crippen molar-refractivity contribution in [2.75, 3.05) is 19.6 Å². The van der Waals surface area contributed by atoms with Gasteiger partial charge >= 0.3 is 11.9 Å². The molecule has 2 amide bonds. The van der Waals surface area contributed by atoms with Crippen molar-refractivity contribution in [2.45, 2.75) is 79.3 Å². The molecule has 3 aromatic rings. The van der Waals surface area contributed by atoms with Gasteiger partial charge in [0.1, 0.15) is 6.04 Å². The molecule has 1 aliphatic heterocycles. The quantitative estimate of drug-likeness (QED) is 0.141. The number of hydrogen-bond donors (Lipinski definition) is 2. The van der Waals surface area contributed by atoms with Crippen molar-refractivity contribution < 1.29 is 33.4 Å². The summed E-state index contributed by atoms with van der Waals surface area (Å²) in [7, 11) is 0. The molecule has 0 saturated carbocycles. The number of likely N-dealkylation sites (tertiary alicyclic amines) is 1. The first-order valence-corrected chi connectivity index (χ1v) is 17.1.